The van der Waals surface area contributed by atoms with Crippen molar-refractivity contribution in [3.8, 4) is 0 Å². The SMILES string of the molecule is CSCCC(NC(=O)c1c(Cl)cccc1[N+](=O)[O-])C(=O)O. The van der Waals surface area contributed by atoms with Crippen molar-refractivity contribution in [1.29, 1.82) is 0 Å². The number of amides is 1. The first-order valence-electron chi connectivity index (χ1n) is 5.84. The predicted octanol–water partition coefficient (Wildman–Crippen LogP) is 2.18. The maximum absolute atomic E-state index is 12.1. The molecule has 7 nitrogen and oxygen atoms in total. The Balaban J connectivity index is 3.02. The highest BCUT2D eigenvalue weighted by Gasteiger charge is 2.27. The first-order valence-corrected chi connectivity index (χ1v) is 7.61. The molecule has 0 bridgehead atoms. The number of halogens is 1. The van der Waals surface area contributed by atoms with Crippen molar-refractivity contribution in [2.24, 2.45) is 0 Å². The second kappa shape index (κ2) is 7.84. The van der Waals surface area contributed by atoms with Crippen LogP contribution < -0.4 is 5.32 Å². The smallest absolute Gasteiger partial charge is 0.326 e. The summed E-state index contributed by atoms with van der Waals surface area (Å²) in [6, 6.07) is 2.69. The summed E-state index contributed by atoms with van der Waals surface area (Å²) >= 11 is 7.25. The van der Waals surface area contributed by atoms with Crippen LogP contribution in [-0.2, 0) is 4.79 Å². The Kier molecular flexibility index (Phi) is 6.44. The zero-order chi connectivity index (χ0) is 16.0. The van der Waals surface area contributed by atoms with Crippen LogP contribution in [0.25, 0.3) is 0 Å². The van der Waals surface area contributed by atoms with Crippen molar-refractivity contribution in [1.82, 2.24) is 5.32 Å². The molecule has 0 aliphatic heterocycles. The minimum Gasteiger partial charge on any atom is -0.480 e. The molecule has 21 heavy (non-hydrogen) atoms. The van der Waals surface area contributed by atoms with E-state index in [0.29, 0.717) is 5.75 Å². The van der Waals surface area contributed by atoms with E-state index in [2.05, 4.69) is 5.32 Å². The van der Waals surface area contributed by atoms with Crippen LogP contribution in [0.4, 0.5) is 5.69 Å². The highest BCUT2D eigenvalue weighted by molar-refractivity contribution is 7.98. The van der Waals surface area contributed by atoms with Gasteiger partial charge in [-0.05, 0) is 24.5 Å². The van der Waals surface area contributed by atoms with Crippen LogP contribution in [0.15, 0.2) is 18.2 Å². The van der Waals surface area contributed by atoms with Crippen molar-refractivity contribution in [3.63, 3.8) is 0 Å². The van der Waals surface area contributed by atoms with Crippen molar-refractivity contribution >= 4 is 40.9 Å². The number of carboxylic acid groups (broad SMARTS) is 1. The zero-order valence-electron chi connectivity index (χ0n) is 11.0. The summed E-state index contributed by atoms with van der Waals surface area (Å²) < 4.78 is 0. The molecule has 1 aromatic carbocycles. The predicted molar refractivity (Wildman–Crippen MR) is 80.0 cm³/mol. The number of carbonyl (C=O) groups excluding carboxylic acids is 1. The van der Waals surface area contributed by atoms with Crippen LogP contribution in [0.1, 0.15) is 16.8 Å². The van der Waals surface area contributed by atoms with Gasteiger partial charge in [-0.1, -0.05) is 17.7 Å². The van der Waals surface area contributed by atoms with Gasteiger partial charge in [-0.25, -0.2) is 4.79 Å². The van der Waals surface area contributed by atoms with Crippen LogP contribution in [0.3, 0.4) is 0 Å². The molecule has 0 spiro atoms. The molecule has 0 fully saturated rings. The third-order valence-corrected chi connectivity index (χ3v) is 3.59. The van der Waals surface area contributed by atoms with Gasteiger partial charge in [0.05, 0.1) is 9.95 Å². The lowest BCUT2D eigenvalue weighted by atomic mass is 10.1. The van der Waals surface area contributed by atoms with Crippen LogP contribution in [0.5, 0.6) is 0 Å². The molecule has 0 aliphatic rings. The van der Waals surface area contributed by atoms with Gasteiger partial charge in [0.2, 0.25) is 0 Å². The molecule has 1 atom stereocenters. The maximum Gasteiger partial charge on any atom is 0.326 e. The number of nitro groups is 1. The normalized spacial score (nSPS) is 11.7. The number of nitrogens with zero attached hydrogens (tertiary/aromatic N) is 1. The molecule has 1 unspecified atom stereocenters. The van der Waals surface area contributed by atoms with Gasteiger partial charge < -0.3 is 10.4 Å². The number of carboxylic acids is 1. The van der Waals surface area contributed by atoms with Gasteiger partial charge in [0, 0.05) is 6.07 Å². The van der Waals surface area contributed by atoms with Gasteiger partial charge in [-0.3, -0.25) is 14.9 Å². The van der Waals surface area contributed by atoms with Crippen molar-refractivity contribution < 1.29 is 19.6 Å². The quantitative estimate of drug-likeness (QED) is 0.585. The molecule has 0 saturated carbocycles. The Labute approximate surface area is 129 Å². The minimum atomic E-state index is -1.20. The largest absolute Gasteiger partial charge is 0.480 e. The summed E-state index contributed by atoms with van der Waals surface area (Å²) in [5.41, 5.74) is -0.798. The summed E-state index contributed by atoms with van der Waals surface area (Å²) in [6.07, 6.45) is 2.01. The molecule has 0 aromatic heterocycles. The van der Waals surface area contributed by atoms with E-state index in [1.807, 2.05) is 0 Å². The third-order valence-electron chi connectivity index (χ3n) is 2.63. The molecule has 0 heterocycles. The molecule has 114 valence electrons. The molecule has 0 radical (unpaired) electrons. The van der Waals surface area contributed by atoms with Crippen molar-refractivity contribution in [2.45, 2.75) is 12.5 Å². The second-order valence-electron chi connectivity index (χ2n) is 4.04. The van der Waals surface area contributed by atoms with Gasteiger partial charge in [0.25, 0.3) is 11.6 Å². The van der Waals surface area contributed by atoms with Crippen LogP contribution in [0, 0.1) is 10.1 Å². The molecule has 0 aliphatic carbocycles. The first kappa shape index (κ1) is 17.3. The van der Waals surface area contributed by atoms with E-state index < -0.39 is 28.5 Å². The molecular weight excluding hydrogens is 320 g/mol. The summed E-state index contributed by atoms with van der Waals surface area (Å²) in [5.74, 6) is -1.55. The molecule has 9 heteroatoms. The van der Waals surface area contributed by atoms with Crippen molar-refractivity contribution in [2.75, 3.05) is 12.0 Å². The van der Waals surface area contributed by atoms with Gasteiger partial charge >= 0.3 is 5.97 Å². The number of nitro benzene ring substituents is 1. The lowest BCUT2D eigenvalue weighted by molar-refractivity contribution is -0.385. The summed E-state index contributed by atoms with van der Waals surface area (Å²) in [5, 5.41) is 22.1. The van der Waals surface area contributed by atoms with E-state index in [-0.39, 0.29) is 17.0 Å². The average molecular weight is 333 g/mol. The van der Waals surface area contributed by atoms with E-state index >= 15 is 0 Å². The fourth-order valence-electron chi connectivity index (χ4n) is 1.61. The highest BCUT2D eigenvalue weighted by atomic mass is 35.5. The van der Waals surface area contributed by atoms with E-state index in [9.17, 15) is 19.7 Å². The summed E-state index contributed by atoms with van der Waals surface area (Å²) in [6.45, 7) is 0. The van der Waals surface area contributed by atoms with Crippen LogP contribution in [-0.4, -0.2) is 40.0 Å². The van der Waals surface area contributed by atoms with Gasteiger partial charge in [0.15, 0.2) is 0 Å². The molecular formula is C12H13ClN2O5S. The molecule has 2 N–H and O–H groups in total. The maximum atomic E-state index is 12.1. The fourth-order valence-corrected chi connectivity index (χ4v) is 2.34. The van der Waals surface area contributed by atoms with E-state index in [4.69, 9.17) is 16.7 Å². The molecule has 1 aromatic rings. The standard InChI is InChI=1S/C12H13ClN2O5S/c1-21-6-5-8(12(17)18)14-11(16)10-7(13)3-2-4-9(10)15(19)20/h2-4,8H,5-6H2,1H3,(H,14,16)(H,17,18). The lowest BCUT2D eigenvalue weighted by Crippen LogP contribution is -2.41. The van der Waals surface area contributed by atoms with E-state index in [1.165, 1.54) is 23.9 Å². The zero-order valence-corrected chi connectivity index (χ0v) is 12.6. The number of hydrogen-bond donors (Lipinski definition) is 2. The summed E-state index contributed by atoms with van der Waals surface area (Å²) in [7, 11) is 0. The van der Waals surface area contributed by atoms with Gasteiger partial charge in [-0.2, -0.15) is 11.8 Å². The Morgan fingerprint density at radius 2 is 2.19 bits per heavy atom. The van der Waals surface area contributed by atoms with Gasteiger partial charge in [-0.15, -0.1) is 0 Å². The van der Waals surface area contributed by atoms with Crippen LogP contribution in [0.2, 0.25) is 5.02 Å². The van der Waals surface area contributed by atoms with E-state index in [1.54, 1.807) is 6.26 Å². The number of thioether (sulfide) groups is 1. The number of aliphatic carboxylic acids is 1. The fraction of sp³-hybridized carbons (Fsp3) is 0.333. The van der Waals surface area contributed by atoms with Crippen LogP contribution >= 0.6 is 23.4 Å². The molecule has 1 amide bonds. The monoisotopic (exact) mass is 332 g/mol. The van der Waals surface area contributed by atoms with E-state index in [0.717, 1.165) is 6.07 Å². The number of rotatable bonds is 7. The second-order valence-corrected chi connectivity index (χ2v) is 5.43. The summed E-state index contributed by atoms with van der Waals surface area (Å²) in [4.78, 5) is 33.4. The number of benzene rings is 1. The average Bonchev–Trinajstić information content (AvgIpc) is 2.42. The highest BCUT2D eigenvalue weighted by Crippen LogP contribution is 2.26. The molecule has 0 saturated heterocycles. The lowest BCUT2D eigenvalue weighted by Gasteiger charge is -2.14. The number of nitrogens with one attached hydrogen (secondary N) is 1. The Morgan fingerprint density at radius 3 is 2.71 bits per heavy atom. The number of hydrogen-bond acceptors (Lipinski definition) is 5. The Morgan fingerprint density at radius 1 is 1.52 bits per heavy atom. The van der Waals surface area contributed by atoms with Gasteiger partial charge in [0.1, 0.15) is 11.6 Å². The molecule has 1 rings (SSSR count). The number of carbonyl (C=O) groups is 2. The third kappa shape index (κ3) is 4.61. The Bertz CT molecular complexity index is 567. The Hall–Kier alpha value is -1.80. The topological polar surface area (TPSA) is 110 Å². The van der Waals surface area contributed by atoms with Crippen molar-refractivity contribution in [3.05, 3.63) is 38.9 Å². The minimum absolute atomic E-state index is 0.101. The first-order chi connectivity index (χ1) is 9.88.